The molecule has 128 valence electrons. The fraction of sp³-hybridized carbons (Fsp3) is 0.312. The van der Waals surface area contributed by atoms with Crippen LogP contribution in [0.4, 0.5) is 8.78 Å². The first-order chi connectivity index (χ1) is 11.5. The second-order valence-electron chi connectivity index (χ2n) is 5.35. The van der Waals surface area contributed by atoms with Gasteiger partial charge in [-0.1, -0.05) is 6.07 Å². The third-order valence-corrected chi connectivity index (χ3v) is 4.89. The number of thioether (sulfide) groups is 1. The van der Waals surface area contributed by atoms with Crippen molar-refractivity contribution in [1.29, 1.82) is 0 Å². The van der Waals surface area contributed by atoms with Gasteiger partial charge in [-0.3, -0.25) is 4.98 Å². The van der Waals surface area contributed by atoms with E-state index in [9.17, 15) is 24.1 Å². The van der Waals surface area contributed by atoms with Gasteiger partial charge in [-0.05, 0) is 24.3 Å². The average molecular weight is 355 g/mol. The van der Waals surface area contributed by atoms with E-state index in [4.69, 9.17) is 4.74 Å². The summed E-state index contributed by atoms with van der Waals surface area (Å²) >= 11 is 1.01. The molecule has 24 heavy (non-hydrogen) atoms. The van der Waals surface area contributed by atoms with Gasteiger partial charge in [-0.25, -0.2) is 4.39 Å². The van der Waals surface area contributed by atoms with Gasteiger partial charge in [0.2, 0.25) is 5.82 Å². The summed E-state index contributed by atoms with van der Waals surface area (Å²) in [6, 6.07) is 7.34. The molecule has 0 amide bonds. The Labute approximate surface area is 140 Å². The molecule has 1 aromatic carbocycles. The van der Waals surface area contributed by atoms with Crippen molar-refractivity contribution in [3.8, 4) is 17.0 Å². The van der Waals surface area contributed by atoms with Gasteiger partial charge < -0.3 is 20.1 Å². The highest BCUT2D eigenvalue weighted by atomic mass is 32.2. The van der Waals surface area contributed by atoms with E-state index in [-0.39, 0.29) is 5.75 Å². The molecule has 4 atom stereocenters. The molecular formula is C16H15F2NO4S. The zero-order valence-electron chi connectivity index (χ0n) is 12.3. The van der Waals surface area contributed by atoms with Crippen LogP contribution in [-0.2, 0) is 0 Å². The summed E-state index contributed by atoms with van der Waals surface area (Å²) in [4.78, 5) is 4.07. The summed E-state index contributed by atoms with van der Waals surface area (Å²) in [6.07, 6.45) is -2.43. The summed E-state index contributed by atoms with van der Waals surface area (Å²) in [5.41, 5.74) is -0.273. The molecule has 0 bridgehead atoms. The Kier molecular flexibility index (Phi) is 5.00. The highest BCUT2D eigenvalue weighted by Gasteiger charge is 2.39. The van der Waals surface area contributed by atoms with Crippen LogP contribution in [-0.4, -0.2) is 49.8 Å². The molecule has 0 saturated carbocycles. The van der Waals surface area contributed by atoms with Crippen LogP contribution in [0.1, 0.15) is 0 Å². The van der Waals surface area contributed by atoms with Crippen LogP contribution in [0.5, 0.6) is 5.75 Å². The van der Waals surface area contributed by atoms with Gasteiger partial charge >= 0.3 is 0 Å². The number of hydrogen-bond acceptors (Lipinski definition) is 6. The quantitative estimate of drug-likeness (QED) is 0.775. The molecule has 1 saturated heterocycles. The van der Waals surface area contributed by atoms with Crippen LogP contribution in [0, 0.1) is 11.6 Å². The number of aromatic nitrogens is 1. The monoisotopic (exact) mass is 355 g/mol. The van der Waals surface area contributed by atoms with Gasteiger partial charge in [0.25, 0.3) is 0 Å². The lowest BCUT2D eigenvalue weighted by Crippen LogP contribution is -2.50. The van der Waals surface area contributed by atoms with Crippen molar-refractivity contribution >= 4 is 11.8 Å². The lowest BCUT2D eigenvalue weighted by Gasteiger charge is -2.34. The zero-order valence-corrected chi connectivity index (χ0v) is 13.2. The summed E-state index contributed by atoms with van der Waals surface area (Å²) in [7, 11) is 0. The van der Waals surface area contributed by atoms with Gasteiger partial charge in [0.15, 0.2) is 17.0 Å². The Balaban J connectivity index is 1.89. The molecule has 1 fully saturated rings. The van der Waals surface area contributed by atoms with Crippen LogP contribution in [0.25, 0.3) is 11.3 Å². The minimum atomic E-state index is -1.43. The minimum Gasteiger partial charge on any atom is -0.474 e. The molecule has 2 heterocycles. The van der Waals surface area contributed by atoms with Crippen LogP contribution < -0.4 is 4.74 Å². The van der Waals surface area contributed by atoms with Crippen LogP contribution in [0.3, 0.4) is 0 Å². The number of halogens is 2. The van der Waals surface area contributed by atoms with Crippen molar-refractivity contribution in [2.75, 3.05) is 5.75 Å². The maximum atomic E-state index is 14.0. The number of ether oxygens (including phenoxy) is 1. The minimum absolute atomic E-state index is 0.104. The lowest BCUT2D eigenvalue weighted by molar-refractivity contribution is -0.0790. The van der Waals surface area contributed by atoms with Crippen molar-refractivity contribution in [2.45, 2.75) is 23.7 Å². The number of nitrogens with zero attached hydrogens (tertiary/aromatic N) is 1. The smallest absolute Gasteiger partial charge is 0.200 e. The number of hydrogen-bond donors (Lipinski definition) is 3. The molecule has 5 nitrogen and oxygen atoms in total. The van der Waals surface area contributed by atoms with E-state index >= 15 is 0 Å². The van der Waals surface area contributed by atoms with Crippen LogP contribution >= 0.6 is 11.8 Å². The van der Waals surface area contributed by atoms with E-state index in [0.717, 1.165) is 17.8 Å². The molecule has 3 rings (SSSR count). The Hall–Kier alpha value is -1.74. The van der Waals surface area contributed by atoms with E-state index < -0.39 is 41.1 Å². The van der Waals surface area contributed by atoms with Gasteiger partial charge in [-0.2, -0.15) is 4.39 Å². The Bertz CT molecular complexity index is 719. The van der Waals surface area contributed by atoms with Gasteiger partial charge in [0, 0.05) is 17.5 Å². The van der Waals surface area contributed by atoms with E-state index in [1.165, 1.54) is 12.3 Å². The molecule has 0 unspecified atom stereocenters. The molecule has 2 aromatic rings. The Morgan fingerprint density at radius 3 is 2.62 bits per heavy atom. The maximum absolute atomic E-state index is 14.0. The third kappa shape index (κ3) is 3.36. The van der Waals surface area contributed by atoms with Gasteiger partial charge in [-0.15, -0.1) is 11.8 Å². The topological polar surface area (TPSA) is 82.8 Å². The van der Waals surface area contributed by atoms with E-state index in [0.29, 0.717) is 11.3 Å². The van der Waals surface area contributed by atoms with E-state index in [1.807, 2.05) is 0 Å². The second-order valence-corrected chi connectivity index (χ2v) is 6.48. The molecule has 0 spiro atoms. The zero-order chi connectivity index (χ0) is 17.3. The van der Waals surface area contributed by atoms with Crippen molar-refractivity contribution in [3.63, 3.8) is 0 Å². The van der Waals surface area contributed by atoms with E-state index in [2.05, 4.69) is 4.98 Å². The standard InChI is InChI=1S/C16H15F2NO4S/c17-9-5-8(10-3-1-2-4-19-10)6-12(13(9)18)23-16-15(22)14(21)11(20)7-24-16/h1-6,11,14-16,20-22H,7H2/t11-,14+,15-,16-/m1/s1. The van der Waals surface area contributed by atoms with Crippen molar-refractivity contribution in [1.82, 2.24) is 4.98 Å². The summed E-state index contributed by atoms with van der Waals surface area (Å²) < 4.78 is 33.3. The molecule has 1 aromatic heterocycles. The second kappa shape index (κ2) is 7.02. The highest BCUT2D eigenvalue weighted by Crippen LogP contribution is 2.33. The maximum Gasteiger partial charge on any atom is 0.200 e. The molecule has 0 radical (unpaired) electrons. The first-order valence-electron chi connectivity index (χ1n) is 7.20. The van der Waals surface area contributed by atoms with Crippen molar-refractivity contribution < 1.29 is 28.8 Å². The molecule has 1 aliphatic heterocycles. The first kappa shape index (κ1) is 17.1. The normalized spacial score (nSPS) is 27.0. The van der Waals surface area contributed by atoms with Crippen molar-refractivity contribution in [3.05, 3.63) is 48.2 Å². The number of aliphatic hydroxyl groups excluding tert-OH is 3. The first-order valence-corrected chi connectivity index (χ1v) is 8.25. The largest absolute Gasteiger partial charge is 0.474 e. The average Bonchev–Trinajstić information content (AvgIpc) is 2.59. The van der Waals surface area contributed by atoms with Crippen LogP contribution in [0.2, 0.25) is 0 Å². The predicted molar refractivity (Wildman–Crippen MR) is 84.5 cm³/mol. The molecule has 8 heteroatoms. The lowest BCUT2D eigenvalue weighted by atomic mass is 10.1. The number of rotatable bonds is 3. The van der Waals surface area contributed by atoms with Crippen LogP contribution in [0.15, 0.2) is 36.5 Å². The van der Waals surface area contributed by atoms with E-state index in [1.54, 1.807) is 18.2 Å². The van der Waals surface area contributed by atoms with Gasteiger partial charge in [0.1, 0.15) is 12.2 Å². The molecule has 1 aliphatic rings. The predicted octanol–water partition coefficient (Wildman–Crippen LogP) is 1.56. The number of aliphatic hydroxyl groups is 3. The fourth-order valence-electron chi connectivity index (χ4n) is 2.34. The summed E-state index contributed by atoms with van der Waals surface area (Å²) in [5, 5.41) is 29.1. The Morgan fingerprint density at radius 2 is 1.92 bits per heavy atom. The highest BCUT2D eigenvalue weighted by molar-refractivity contribution is 7.99. The SMILES string of the molecule is O[C@@H]1[C@@H](O)[C@H](Oc2cc(-c3ccccn3)cc(F)c2F)SC[C@H]1O. The third-order valence-electron chi connectivity index (χ3n) is 3.65. The van der Waals surface area contributed by atoms with Crippen molar-refractivity contribution in [2.24, 2.45) is 0 Å². The molecule has 3 N–H and O–H groups in total. The molecular weight excluding hydrogens is 340 g/mol. The molecule has 0 aliphatic carbocycles. The number of pyridine rings is 1. The Morgan fingerprint density at radius 1 is 1.12 bits per heavy atom. The summed E-state index contributed by atoms with van der Waals surface area (Å²) in [6.45, 7) is 0. The number of benzene rings is 1. The fourth-order valence-corrected chi connectivity index (χ4v) is 3.45. The van der Waals surface area contributed by atoms with Gasteiger partial charge in [0.05, 0.1) is 11.8 Å². The summed E-state index contributed by atoms with van der Waals surface area (Å²) in [5.74, 6) is -2.59.